The van der Waals surface area contributed by atoms with Crippen LogP contribution in [0.15, 0.2) is 0 Å². The molecule has 0 bridgehead atoms. The molecule has 1 atom stereocenters. The van der Waals surface area contributed by atoms with E-state index in [0.717, 1.165) is 52.1 Å². The maximum Gasteiger partial charge on any atom is 0.239 e. The lowest BCUT2D eigenvalue weighted by Gasteiger charge is -2.35. The average molecular weight is 267 g/mol. The highest BCUT2D eigenvalue weighted by molar-refractivity contribution is 5.81. The molecule has 1 N–H and O–H groups in total. The van der Waals surface area contributed by atoms with Gasteiger partial charge in [0.1, 0.15) is 0 Å². The highest BCUT2D eigenvalue weighted by atomic mass is 16.2. The minimum Gasteiger partial charge on any atom is -0.341 e. The van der Waals surface area contributed by atoms with E-state index in [4.69, 9.17) is 0 Å². The summed E-state index contributed by atoms with van der Waals surface area (Å²) in [5.74, 6) is 0.333. The fraction of sp³-hybridized carbons (Fsp3) is 0.933. The van der Waals surface area contributed by atoms with E-state index in [9.17, 15) is 4.79 Å². The van der Waals surface area contributed by atoms with Crippen molar-refractivity contribution in [2.75, 3.05) is 39.3 Å². The van der Waals surface area contributed by atoms with Crippen LogP contribution in [0.3, 0.4) is 0 Å². The van der Waals surface area contributed by atoms with Gasteiger partial charge in [-0.25, -0.2) is 0 Å². The van der Waals surface area contributed by atoms with E-state index in [-0.39, 0.29) is 6.04 Å². The van der Waals surface area contributed by atoms with E-state index in [1.165, 1.54) is 6.42 Å². The predicted molar refractivity (Wildman–Crippen MR) is 78.1 cm³/mol. The Hall–Kier alpha value is -0.610. The van der Waals surface area contributed by atoms with Gasteiger partial charge in [0.25, 0.3) is 0 Å². The summed E-state index contributed by atoms with van der Waals surface area (Å²) in [5.41, 5.74) is 0.396. The van der Waals surface area contributed by atoms with Gasteiger partial charge in [0, 0.05) is 39.3 Å². The first kappa shape index (κ1) is 14.8. The van der Waals surface area contributed by atoms with Gasteiger partial charge in [-0.1, -0.05) is 13.8 Å². The fourth-order valence-electron chi connectivity index (χ4n) is 3.13. The Balaban J connectivity index is 1.91. The molecular formula is C15H29N3O. The molecule has 1 amide bonds. The van der Waals surface area contributed by atoms with Crippen LogP contribution in [0.4, 0.5) is 0 Å². The van der Waals surface area contributed by atoms with Gasteiger partial charge >= 0.3 is 0 Å². The number of hydrogen-bond donors (Lipinski definition) is 1. The van der Waals surface area contributed by atoms with E-state index in [0.29, 0.717) is 11.3 Å². The Bertz CT molecular complexity index is 311. The van der Waals surface area contributed by atoms with Gasteiger partial charge in [-0.3, -0.25) is 9.69 Å². The fourth-order valence-corrected chi connectivity index (χ4v) is 3.13. The van der Waals surface area contributed by atoms with Crippen LogP contribution in [-0.2, 0) is 4.79 Å². The summed E-state index contributed by atoms with van der Waals surface area (Å²) in [6.07, 6.45) is 3.51. The number of hydrogen-bond acceptors (Lipinski definition) is 3. The molecule has 0 aromatic rings. The number of nitrogens with one attached hydrogen (secondary N) is 1. The number of carbonyl (C=O) groups excluding carboxylic acids is 1. The highest BCUT2D eigenvalue weighted by Gasteiger charge is 2.30. The maximum atomic E-state index is 12.6. The first-order chi connectivity index (χ1) is 8.99. The van der Waals surface area contributed by atoms with Gasteiger partial charge in [-0.05, 0) is 31.6 Å². The number of nitrogens with zero attached hydrogens (tertiary/aromatic N) is 2. The van der Waals surface area contributed by atoms with Gasteiger partial charge < -0.3 is 10.2 Å². The van der Waals surface area contributed by atoms with Crippen LogP contribution in [0.25, 0.3) is 0 Å². The molecule has 2 fully saturated rings. The molecule has 2 heterocycles. The van der Waals surface area contributed by atoms with Crippen molar-refractivity contribution in [2.24, 2.45) is 5.41 Å². The summed E-state index contributed by atoms with van der Waals surface area (Å²) in [5, 5.41) is 3.34. The number of amides is 1. The van der Waals surface area contributed by atoms with Gasteiger partial charge in [0.2, 0.25) is 5.91 Å². The molecule has 2 saturated heterocycles. The lowest BCUT2D eigenvalue weighted by atomic mass is 9.85. The van der Waals surface area contributed by atoms with Crippen LogP contribution < -0.4 is 5.32 Å². The molecular weight excluding hydrogens is 238 g/mol. The third-order valence-electron chi connectivity index (χ3n) is 4.71. The summed E-state index contributed by atoms with van der Waals surface area (Å²) in [4.78, 5) is 17.0. The second kappa shape index (κ2) is 6.23. The smallest absolute Gasteiger partial charge is 0.239 e. The minimum atomic E-state index is 0.0447. The first-order valence-corrected chi connectivity index (χ1v) is 7.73. The number of piperazine rings is 1. The molecule has 4 heteroatoms. The van der Waals surface area contributed by atoms with Gasteiger partial charge in [0.05, 0.1) is 6.04 Å². The third-order valence-corrected chi connectivity index (χ3v) is 4.71. The molecule has 0 saturated carbocycles. The highest BCUT2D eigenvalue weighted by Crippen LogP contribution is 2.30. The van der Waals surface area contributed by atoms with Gasteiger partial charge in [-0.15, -0.1) is 0 Å². The molecule has 0 radical (unpaired) electrons. The molecule has 0 aliphatic carbocycles. The van der Waals surface area contributed by atoms with E-state index >= 15 is 0 Å². The van der Waals surface area contributed by atoms with E-state index < -0.39 is 0 Å². The summed E-state index contributed by atoms with van der Waals surface area (Å²) in [7, 11) is 0. The van der Waals surface area contributed by atoms with Gasteiger partial charge in [0.15, 0.2) is 0 Å². The lowest BCUT2D eigenvalue weighted by molar-refractivity contribution is -0.136. The first-order valence-electron chi connectivity index (χ1n) is 7.73. The number of carbonyl (C=O) groups is 1. The SMILES string of the molecule is CC(C(=O)N1CCCC(C)(C)CC1)N1CCNCC1. The Morgan fingerprint density at radius 2 is 1.79 bits per heavy atom. The zero-order valence-corrected chi connectivity index (χ0v) is 12.7. The standard InChI is InChI=1S/C15H29N3O/c1-13(17-11-7-16-8-12-17)14(19)18-9-4-5-15(2,3)6-10-18/h13,16H,4-12H2,1-3H3. The van der Waals surface area contributed by atoms with Crippen molar-refractivity contribution in [3.63, 3.8) is 0 Å². The van der Waals surface area contributed by atoms with Crippen LogP contribution in [-0.4, -0.2) is 61.0 Å². The average Bonchev–Trinajstić information content (AvgIpc) is 2.59. The molecule has 110 valence electrons. The van der Waals surface area contributed by atoms with E-state index in [1.807, 2.05) is 0 Å². The van der Waals surface area contributed by atoms with Crippen molar-refractivity contribution in [2.45, 2.75) is 46.1 Å². The zero-order chi connectivity index (χ0) is 13.9. The quantitative estimate of drug-likeness (QED) is 0.819. The second-order valence-electron chi connectivity index (χ2n) is 6.80. The Labute approximate surface area is 117 Å². The molecule has 0 aromatic carbocycles. The van der Waals surface area contributed by atoms with Crippen molar-refractivity contribution in [3.8, 4) is 0 Å². The van der Waals surface area contributed by atoms with Crippen LogP contribution in [0, 0.1) is 5.41 Å². The molecule has 0 spiro atoms. The minimum absolute atomic E-state index is 0.0447. The molecule has 19 heavy (non-hydrogen) atoms. The molecule has 2 aliphatic heterocycles. The van der Waals surface area contributed by atoms with Crippen molar-refractivity contribution < 1.29 is 4.79 Å². The van der Waals surface area contributed by atoms with Crippen LogP contribution >= 0.6 is 0 Å². The van der Waals surface area contributed by atoms with Gasteiger partial charge in [-0.2, -0.15) is 0 Å². The molecule has 2 rings (SSSR count). The Morgan fingerprint density at radius 1 is 1.11 bits per heavy atom. The van der Waals surface area contributed by atoms with Crippen molar-refractivity contribution in [1.29, 1.82) is 0 Å². The number of likely N-dealkylation sites (tertiary alicyclic amines) is 1. The third kappa shape index (κ3) is 3.93. The largest absolute Gasteiger partial charge is 0.341 e. The molecule has 2 aliphatic rings. The number of rotatable bonds is 2. The van der Waals surface area contributed by atoms with Crippen molar-refractivity contribution >= 4 is 5.91 Å². The summed E-state index contributed by atoms with van der Waals surface area (Å²) in [6, 6.07) is 0.0447. The Morgan fingerprint density at radius 3 is 2.47 bits per heavy atom. The summed E-state index contributed by atoms with van der Waals surface area (Å²) < 4.78 is 0. The topological polar surface area (TPSA) is 35.6 Å². The lowest BCUT2D eigenvalue weighted by Crippen LogP contribution is -2.53. The van der Waals surface area contributed by atoms with Crippen LogP contribution in [0.1, 0.15) is 40.0 Å². The molecule has 4 nitrogen and oxygen atoms in total. The summed E-state index contributed by atoms with van der Waals surface area (Å²) >= 11 is 0. The molecule has 1 unspecified atom stereocenters. The predicted octanol–water partition coefficient (Wildman–Crippen LogP) is 1.32. The van der Waals surface area contributed by atoms with Crippen molar-refractivity contribution in [1.82, 2.24) is 15.1 Å². The van der Waals surface area contributed by atoms with E-state index in [2.05, 4.69) is 35.9 Å². The zero-order valence-electron chi connectivity index (χ0n) is 12.7. The van der Waals surface area contributed by atoms with E-state index in [1.54, 1.807) is 0 Å². The maximum absolute atomic E-state index is 12.6. The molecule has 0 aromatic heterocycles. The van der Waals surface area contributed by atoms with Crippen LogP contribution in [0.2, 0.25) is 0 Å². The second-order valence-corrected chi connectivity index (χ2v) is 6.80. The Kier molecular flexibility index (Phi) is 4.85. The summed E-state index contributed by atoms with van der Waals surface area (Å²) in [6.45, 7) is 12.6. The monoisotopic (exact) mass is 267 g/mol. The van der Waals surface area contributed by atoms with Crippen molar-refractivity contribution in [3.05, 3.63) is 0 Å². The van der Waals surface area contributed by atoms with Crippen LogP contribution in [0.5, 0.6) is 0 Å². The normalized spacial score (nSPS) is 26.8.